The lowest BCUT2D eigenvalue weighted by Gasteiger charge is -2.31. The number of allylic oxidation sites excluding steroid dienone is 3. The summed E-state index contributed by atoms with van der Waals surface area (Å²) < 4.78 is 0. The van der Waals surface area contributed by atoms with Crippen LogP contribution in [0.5, 0.6) is 0 Å². The zero-order valence-corrected chi connectivity index (χ0v) is 13.2. The Labute approximate surface area is 123 Å². The van der Waals surface area contributed by atoms with Gasteiger partial charge in [0.15, 0.2) is 0 Å². The third-order valence-corrected chi connectivity index (χ3v) is 5.69. The zero-order valence-electron chi connectivity index (χ0n) is 13.2. The van der Waals surface area contributed by atoms with Crippen molar-refractivity contribution in [2.75, 3.05) is 0 Å². The molecule has 0 aromatic rings. The fourth-order valence-corrected chi connectivity index (χ4v) is 4.69. The molecule has 114 valence electrons. The molecule has 0 aromatic carbocycles. The molecule has 0 bridgehead atoms. The molecule has 2 aliphatic rings. The second-order valence-electron chi connectivity index (χ2n) is 6.98. The molecule has 0 spiro atoms. The summed E-state index contributed by atoms with van der Waals surface area (Å²) in [6.07, 6.45) is 6.88. The van der Waals surface area contributed by atoms with Gasteiger partial charge in [-0.05, 0) is 62.4 Å². The van der Waals surface area contributed by atoms with Gasteiger partial charge in [-0.15, -0.1) is 0 Å². The van der Waals surface area contributed by atoms with Crippen molar-refractivity contribution in [3.05, 3.63) is 24.0 Å². The quantitative estimate of drug-likeness (QED) is 0.575. The average Bonchev–Trinajstić information content (AvgIpc) is 2.89. The van der Waals surface area contributed by atoms with Crippen LogP contribution in [0.2, 0.25) is 0 Å². The summed E-state index contributed by atoms with van der Waals surface area (Å²) in [5, 5.41) is 20.4. The van der Waals surface area contributed by atoms with Gasteiger partial charge in [0, 0.05) is 5.92 Å². The summed E-state index contributed by atoms with van der Waals surface area (Å²) in [6.45, 7) is 10.3. The van der Waals surface area contributed by atoms with E-state index in [9.17, 15) is 10.2 Å². The van der Waals surface area contributed by atoms with Crippen LogP contribution in [0, 0.1) is 29.6 Å². The van der Waals surface area contributed by atoms with Gasteiger partial charge in [0.2, 0.25) is 0 Å². The van der Waals surface area contributed by atoms with E-state index in [1.54, 1.807) is 6.08 Å². The summed E-state index contributed by atoms with van der Waals surface area (Å²) >= 11 is 0. The molecule has 20 heavy (non-hydrogen) atoms. The van der Waals surface area contributed by atoms with Crippen LogP contribution in [0.4, 0.5) is 0 Å². The first-order valence-electron chi connectivity index (χ1n) is 8.17. The van der Waals surface area contributed by atoms with Gasteiger partial charge in [-0.25, -0.2) is 0 Å². The molecule has 2 fully saturated rings. The van der Waals surface area contributed by atoms with Crippen molar-refractivity contribution in [3.8, 4) is 0 Å². The van der Waals surface area contributed by atoms with Crippen LogP contribution in [-0.2, 0) is 0 Å². The molecule has 2 heteroatoms. The first-order valence-corrected chi connectivity index (χ1v) is 8.17. The third kappa shape index (κ3) is 2.95. The first kappa shape index (κ1) is 15.6. The zero-order chi connectivity index (χ0) is 14.9. The maximum atomic E-state index is 10.5. The van der Waals surface area contributed by atoms with Gasteiger partial charge in [0.1, 0.15) is 0 Å². The summed E-state index contributed by atoms with van der Waals surface area (Å²) in [6, 6.07) is 0. The van der Waals surface area contributed by atoms with Crippen LogP contribution in [0.15, 0.2) is 24.0 Å². The predicted molar refractivity (Wildman–Crippen MR) is 83.4 cm³/mol. The molecule has 6 atom stereocenters. The molecule has 2 saturated carbocycles. The van der Waals surface area contributed by atoms with Gasteiger partial charge in [-0.2, -0.15) is 0 Å². The Morgan fingerprint density at radius 2 is 2.15 bits per heavy atom. The molecule has 0 aromatic heterocycles. The second kappa shape index (κ2) is 6.34. The van der Waals surface area contributed by atoms with Gasteiger partial charge in [0.25, 0.3) is 0 Å². The van der Waals surface area contributed by atoms with E-state index in [2.05, 4.69) is 20.4 Å². The fraction of sp³-hybridized carbons (Fsp3) is 0.778. The molecule has 0 aliphatic heterocycles. The number of hydrogen-bond donors (Lipinski definition) is 2. The number of hydrogen-bond acceptors (Lipinski definition) is 2. The van der Waals surface area contributed by atoms with Crippen LogP contribution in [0.1, 0.15) is 52.9 Å². The topological polar surface area (TPSA) is 40.5 Å². The molecule has 0 radical (unpaired) electrons. The molecule has 2 unspecified atom stereocenters. The molecular weight excluding hydrogens is 248 g/mol. The Bertz CT molecular complexity index is 385. The highest BCUT2D eigenvalue weighted by atomic mass is 16.3. The third-order valence-electron chi connectivity index (χ3n) is 5.69. The molecular formula is C18H30O2. The van der Waals surface area contributed by atoms with Crippen molar-refractivity contribution < 1.29 is 10.2 Å². The van der Waals surface area contributed by atoms with Crippen molar-refractivity contribution in [1.82, 2.24) is 0 Å². The molecule has 2 aliphatic carbocycles. The SMILES string of the molecule is C=C1C[C@H]2C[C@@H](O)[C@H](C(CC)CC(C)/C(O)=C\C)[C@@H]2C1. The van der Waals surface area contributed by atoms with Gasteiger partial charge >= 0.3 is 0 Å². The van der Waals surface area contributed by atoms with Crippen LogP contribution >= 0.6 is 0 Å². The van der Waals surface area contributed by atoms with Crippen molar-refractivity contribution in [3.63, 3.8) is 0 Å². The van der Waals surface area contributed by atoms with E-state index in [0.717, 1.165) is 32.1 Å². The van der Waals surface area contributed by atoms with Gasteiger partial charge < -0.3 is 10.2 Å². The second-order valence-corrected chi connectivity index (χ2v) is 6.98. The van der Waals surface area contributed by atoms with Crippen LogP contribution in [-0.4, -0.2) is 16.3 Å². The van der Waals surface area contributed by atoms with Crippen molar-refractivity contribution in [2.45, 2.75) is 59.0 Å². The molecule has 0 amide bonds. The van der Waals surface area contributed by atoms with Crippen LogP contribution in [0.25, 0.3) is 0 Å². The lowest BCUT2D eigenvalue weighted by molar-refractivity contribution is 0.0664. The van der Waals surface area contributed by atoms with Crippen LogP contribution in [0.3, 0.4) is 0 Å². The Morgan fingerprint density at radius 1 is 1.45 bits per heavy atom. The van der Waals surface area contributed by atoms with E-state index in [4.69, 9.17) is 0 Å². The number of aliphatic hydroxyl groups is 2. The number of aliphatic hydroxyl groups excluding tert-OH is 2. The maximum absolute atomic E-state index is 10.5. The van der Waals surface area contributed by atoms with Crippen LogP contribution < -0.4 is 0 Å². The highest BCUT2D eigenvalue weighted by molar-refractivity contribution is 5.12. The van der Waals surface area contributed by atoms with Gasteiger partial charge in [-0.1, -0.05) is 32.4 Å². The van der Waals surface area contributed by atoms with E-state index < -0.39 is 0 Å². The van der Waals surface area contributed by atoms with E-state index in [1.165, 1.54) is 5.57 Å². The molecule has 0 heterocycles. The number of rotatable bonds is 5. The molecule has 2 nitrogen and oxygen atoms in total. The first-order chi connectivity index (χ1) is 9.47. The number of fused-ring (bicyclic) bond motifs is 1. The molecule has 2 N–H and O–H groups in total. The Balaban J connectivity index is 2.08. The fourth-order valence-electron chi connectivity index (χ4n) is 4.69. The van der Waals surface area contributed by atoms with E-state index >= 15 is 0 Å². The van der Waals surface area contributed by atoms with E-state index in [0.29, 0.717) is 29.4 Å². The Kier molecular flexibility index (Phi) is 4.95. The Hall–Kier alpha value is -0.760. The van der Waals surface area contributed by atoms with Gasteiger partial charge in [0.05, 0.1) is 11.9 Å². The monoisotopic (exact) mass is 278 g/mol. The molecule has 2 rings (SSSR count). The largest absolute Gasteiger partial charge is 0.512 e. The van der Waals surface area contributed by atoms with E-state index in [1.807, 2.05) is 6.92 Å². The average molecular weight is 278 g/mol. The van der Waals surface area contributed by atoms with Crippen molar-refractivity contribution in [2.24, 2.45) is 29.6 Å². The Morgan fingerprint density at radius 3 is 2.75 bits per heavy atom. The molecule has 0 saturated heterocycles. The van der Waals surface area contributed by atoms with Gasteiger partial charge in [-0.3, -0.25) is 0 Å². The summed E-state index contributed by atoms with van der Waals surface area (Å²) in [5.41, 5.74) is 1.37. The lowest BCUT2D eigenvalue weighted by Crippen LogP contribution is -2.29. The summed E-state index contributed by atoms with van der Waals surface area (Å²) in [7, 11) is 0. The smallest absolute Gasteiger partial charge is 0.0908 e. The highest BCUT2D eigenvalue weighted by Crippen LogP contribution is 2.53. The maximum Gasteiger partial charge on any atom is 0.0908 e. The lowest BCUT2D eigenvalue weighted by atomic mass is 9.75. The van der Waals surface area contributed by atoms with Crippen molar-refractivity contribution in [1.29, 1.82) is 0 Å². The minimum absolute atomic E-state index is 0.150. The van der Waals surface area contributed by atoms with E-state index in [-0.39, 0.29) is 12.0 Å². The standard InChI is InChI=1S/C18H30O2/c1-5-13(9-12(4)16(19)6-2)18-15-8-11(3)7-14(15)10-17(18)20/h6,12-15,17-20H,3,5,7-10H2,1-2,4H3/b16-6+/t12?,13?,14-,15+,17+,18+/m0/s1. The van der Waals surface area contributed by atoms with Crippen molar-refractivity contribution >= 4 is 0 Å². The highest BCUT2D eigenvalue weighted by Gasteiger charge is 2.48. The minimum Gasteiger partial charge on any atom is -0.512 e. The predicted octanol–water partition coefficient (Wildman–Crippen LogP) is 4.46. The normalized spacial score (nSPS) is 37.0. The summed E-state index contributed by atoms with van der Waals surface area (Å²) in [4.78, 5) is 0. The summed E-state index contributed by atoms with van der Waals surface area (Å²) in [5.74, 6) is 2.87. The minimum atomic E-state index is -0.150.